The molecule has 1 unspecified atom stereocenters. The molecule has 0 aromatic heterocycles. The summed E-state index contributed by atoms with van der Waals surface area (Å²) in [5, 5.41) is 15.0. The number of nitrogens with zero attached hydrogens (tertiary/aromatic N) is 2. The lowest BCUT2D eigenvalue weighted by Crippen LogP contribution is -2.43. The van der Waals surface area contributed by atoms with Crippen molar-refractivity contribution >= 4 is 27.5 Å². The van der Waals surface area contributed by atoms with Crippen LogP contribution >= 0.6 is 15.9 Å². The maximum atomic E-state index is 13.2. The molecular weight excluding hydrogens is 429 g/mol. The molecule has 0 saturated heterocycles. The van der Waals surface area contributed by atoms with Gasteiger partial charge in [-0.2, -0.15) is 23.3 Å². The number of ether oxygens (including phenoxy) is 1. The van der Waals surface area contributed by atoms with Crippen molar-refractivity contribution in [1.29, 1.82) is 0 Å². The molecule has 9 heteroatoms. The molecule has 0 saturated carbocycles. The van der Waals surface area contributed by atoms with Gasteiger partial charge in [-0.3, -0.25) is 4.79 Å². The van der Waals surface area contributed by atoms with Crippen molar-refractivity contribution in [3.63, 3.8) is 0 Å². The first kappa shape index (κ1) is 19.4. The number of carbonyl (C=O) groups excluding carboxylic acids is 1. The number of hydrogen-bond acceptors (Lipinski definition) is 4. The largest absolute Gasteiger partial charge is 0.497 e. The zero-order valence-electron chi connectivity index (χ0n) is 14.0. The Kier molecular flexibility index (Phi) is 5.00. The highest BCUT2D eigenvalue weighted by Crippen LogP contribution is 2.40. The Morgan fingerprint density at radius 3 is 2.48 bits per heavy atom. The van der Waals surface area contributed by atoms with E-state index in [0.29, 0.717) is 15.2 Å². The summed E-state index contributed by atoms with van der Waals surface area (Å²) in [6, 6.07) is 11.9. The van der Waals surface area contributed by atoms with E-state index < -0.39 is 29.9 Å². The third kappa shape index (κ3) is 3.70. The molecule has 0 bridgehead atoms. The molecule has 1 heterocycles. The number of aliphatic hydroxyl groups is 1. The summed E-state index contributed by atoms with van der Waals surface area (Å²) >= 11 is 3.21. The molecule has 1 N–H and O–H groups in total. The minimum absolute atomic E-state index is 0.0866. The first-order valence-corrected chi connectivity index (χ1v) is 8.56. The molecule has 1 amide bonds. The highest BCUT2D eigenvalue weighted by molar-refractivity contribution is 9.10. The Balaban J connectivity index is 2.06. The van der Waals surface area contributed by atoms with E-state index >= 15 is 0 Å². The molecule has 0 fully saturated rings. The van der Waals surface area contributed by atoms with Crippen molar-refractivity contribution < 1.29 is 27.8 Å². The van der Waals surface area contributed by atoms with E-state index in [4.69, 9.17) is 4.74 Å². The number of amides is 1. The Bertz CT molecular complexity index is 899. The second kappa shape index (κ2) is 6.97. The summed E-state index contributed by atoms with van der Waals surface area (Å²) in [6.07, 6.45) is -5.64. The molecule has 3 rings (SSSR count). The Morgan fingerprint density at radius 1 is 1.26 bits per heavy atom. The van der Waals surface area contributed by atoms with Gasteiger partial charge in [-0.15, -0.1) is 0 Å². The number of rotatable bonds is 3. The van der Waals surface area contributed by atoms with Gasteiger partial charge in [0.2, 0.25) is 0 Å². The first-order chi connectivity index (χ1) is 12.6. The van der Waals surface area contributed by atoms with Gasteiger partial charge in [0.1, 0.15) is 11.5 Å². The molecule has 1 aliphatic heterocycles. The summed E-state index contributed by atoms with van der Waals surface area (Å²) in [5.74, 6) is -0.393. The van der Waals surface area contributed by atoms with Crippen molar-refractivity contribution in [2.45, 2.75) is 18.3 Å². The molecule has 2 aromatic rings. The lowest BCUT2D eigenvalue weighted by atomic mass is 9.96. The molecule has 5 nitrogen and oxygen atoms in total. The molecule has 2 aromatic carbocycles. The van der Waals surface area contributed by atoms with Crippen molar-refractivity contribution in [3.05, 3.63) is 64.1 Å². The van der Waals surface area contributed by atoms with Crippen molar-refractivity contribution in [3.8, 4) is 5.75 Å². The topological polar surface area (TPSA) is 62.1 Å². The van der Waals surface area contributed by atoms with E-state index in [1.54, 1.807) is 12.1 Å². The SMILES string of the molecule is COc1ccc(C2(O)CC(C(F)(F)F)=NN2C(=O)c2cccc(Br)c2)cc1. The lowest BCUT2D eigenvalue weighted by molar-refractivity contribution is -0.0816. The van der Waals surface area contributed by atoms with Crippen LogP contribution in [-0.2, 0) is 5.72 Å². The highest BCUT2D eigenvalue weighted by atomic mass is 79.9. The van der Waals surface area contributed by atoms with Crippen LogP contribution < -0.4 is 4.74 Å². The van der Waals surface area contributed by atoms with Crippen LogP contribution in [0.5, 0.6) is 5.75 Å². The van der Waals surface area contributed by atoms with Crippen LogP contribution in [0.1, 0.15) is 22.3 Å². The van der Waals surface area contributed by atoms with Crippen LogP contribution in [0.3, 0.4) is 0 Å². The number of benzene rings is 2. The van der Waals surface area contributed by atoms with Gasteiger partial charge in [0.25, 0.3) is 5.91 Å². The van der Waals surface area contributed by atoms with Gasteiger partial charge in [-0.05, 0) is 30.3 Å². The third-order valence-corrected chi connectivity index (χ3v) is 4.62. The van der Waals surface area contributed by atoms with Crippen molar-refractivity contribution in [1.82, 2.24) is 5.01 Å². The lowest BCUT2D eigenvalue weighted by Gasteiger charge is -2.31. The second-order valence-corrected chi connectivity index (χ2v) is 6.81. The monoisotopic (exact) mass is 442 g/mol. The average Bonchev–Trinajstić information content (AvgIpc) is 3.00. The molecule has 1 aliphatic rings. The summed E-state index contributed by atoms with van der Waals surface area (Å²) in [7, 11) is 1.44. The third-order valence-electron chi connectivity index (χ3n) is 4.13. The molecule has 27 heavy (non-hydrogen) atoms. The molecular formula is C18H14BrF3N2O3. The molecule has 0 spiro atoms. The van der Waals surface area contributed by atoms with Crippen LogP contribution in [0.25, 0.3) is 0 Å². The second-order valence-electron chi connectivity index (χ2n) is 5.89. The number of halogens is 4. The van der Waals surface area contributed by atoms with Gasteiger partial charge >= 0.3 is 6.18 Å². The van der Waals surface area contributed by atoms with Gasteiger partial charge in [-0.25, -0.2) is 0 Å². The minimum atomic E-state index is -4.77. The zero-order valence-corrected chi connectivity index (χ0v) is 15.6. The molecule has 1 atom stereocenters. The summed E-state index contributed by atoms with van der Waals surface area (Å²) < 4.78 is 45.3. The van der Waals surface area contributed by atoms with Gasteiger partial charge < -0.3 is 9.84 Å². The first-order valence-electron chi connectivity index (χ1n) is 7.77. The fraction of sp³-hybridized carbons (Fsp3) is 0.222. The van der Waals surface area contributed by atoms with Crippen molar-refractivity contribution in [2.75, 3.05) is 7.11 Å². The normalized spacial score (nSPS) is 19.8. The Labute approximate surface area is 161 Å². The summed E-state index contributed by atoms with van der Waals surface area (Å²) in [6.45, 7) is 0. The van der Waals surface area contributed by atoms with Crippen LogP contribution in [0, 0.1) is 0 Å². The fourth-order valence-electron chi connectivity index (χ4n) is 2.74. The standard InChI is InChI=1S/C18H14BrF3N2O3/c1-27-14-7-5-12(6-8-14)17(26)10-15(18(20,21)22)23-24(17)16(25)11-3-2-4-13(19)9-11/h2-9,26H,10H2,1H3. The van der Waals surface area contributed by atoms with Crippen LogP contribution in [-0.4, -0.2) is 35.0 Å². The number of hydrazone groups is 1. The maximum Gasteiger partial charge on any atom is 0.431 e. The van der Waals surface area contributed by atoms with Crippen LogP contribution in [0.15, 0.2) is 58.1 Å². The zero-order chi connectivity index (χ0) is 19.8. The van der Waals surface area contributed by atoms with Gasteiger partial charge in [0.05, 0.1) is 13.5 Å². The summed E-state index contributed by atoms with van der Waals surface area (Å²) in [5.41, 5.74) is -3.32. The van der Waals surface area contributed by atoms with E-state index in [1.165, 1.54) is 43.5 Å². The predicted molar refractivity (Wildman–Crippen MR) is 95.3 cm³/mol. The molecule has 0 radical (unpaired) electrons. The number of methoxy groups -OCH3 is 1. The van der Waals surface area contributed by atoms with Crippen LogP contribution in [0.2, 0.25) is 0 Å². The number of alkyl halides is 3. The van der Waals surface area contributed by atoms with E-state index in [9.17, 15) is 23.1 Å². The van der Waals surface area contributed by atoms with E-state index in [0.717, 1.165) is 0 Å². The van der Waals surface area contributed by atoms with Crippen LogP contribution in [0.4, 0.5) is 13.2 Å². The van der Waals surface area contributed by atoms with E-state index in [1.807, 2.05) is 0 Å². The maximum absolute atomic E-state index is 13.2. The van der Waals surface area contributed by atoms with E-state index in [-0.39, 0.29) is 11.1 Å². The van der Waals surface area contributed by atoms with Gasteiger partial charge in [0, 0.05) is 15.6 Å². The number of hydrogen-bond donors (Lipinski definition) is 1. The summed E-state index contributed by atoms with van der Waals surface area (Å²) in [4.78, 5) is 12.8. The van der Waals surface area contributed by atoms with E-state index in [2.05, 4.69) is 21.0 Å². The minimum Gasteiger partial charge on any atom is -0.497 e. The Hall–Kier alpha value is -2.39. The smallest absolute Gasteiger partial charge is 0.431 e. The van der Waals surface area contributed by atoms with Gasteiger partial charge in [0.15, 0.2) is 5.72 Å². The molecule has 0 aliphatic carbocycles. The average molecular weight is 443 g/mol. The van der Waals surface area contributed by atoms with Gasteiger partial charge in [-0.1, -0.05) is 34.1 Å². The fourth-order valence-corrected chi connectivity index (χ4v) is 3.14. The molecule has 142 valence electrons. The Morgan fingerprint density at radius 2 is 1.93 bits per heavy atom. The predicted octanol–water partition coefficient (Wildman–Crippen LogP) is 4.07. The quantitative estimate of drug-likeness (QED) is 0.779. The number of carbonyl (C=O) groups is 1. The van der Waals surface area contributed by atoms with Crippen molar-refractivity contribution in [2.24, 2.45) is 5.10 Å². The highest BCUT2D eigenvalue weighted by Gasteiger charge is 2.53.